The SMILES string of the molecule is CCSc1nnc2c(n1)OC(c1ccc(-c3ccccc3Cl)o1)Nc1ccccc1-2. The second-order valence-corrected chi connectivity index (χ2v) is 8.19. The zero-order chi connectivity index (χ0) is 20.5. The van der Waals surface area contributed by atoms with Crippen LogP contribution in [0.1, 0.15) is 18.9 Å². The lowest BCUT2D eigenvalue weighted by molar-refractivity contribution is 0.196. The molecule has 0 saturated heterocycles. The number of nitrogens with one attached hydrogen (secondary N) is 1. The van der Waals surface area contributed by atoms with E-state index in [1.165, 1.54) is 11.8 Å². The van der Waals surface area contributed by atoms with Gasteiger partial charge in [0.15, 0.2) is 11.5 Å². The van der Waals surface area contributed by atoms with Crippen LogP contribution in [0.4, 0.5) is 5.69 Å². The summed E-state index contributed by atoms with van der Waals surface area (Å²) in [5, 5.41) is 13.2. The second kappa shape index (κ2) is 8.01. The first-order valence-corrected chi connectivity index (χ1v) is 10.8. The summed E-state index contributed by atoms with van der Waals surface area (Å²) in [4.78, 5) is 4.58. The molecule has 150 valence electrons. The van der Waals surface area contributed by atoms with Gasteiger partial charge in [0, 0.05) is 16.8 Å². The highest BCUT2D eigenvalue weighted by Crippen LogP contribution is 2.40. The van der Waals surface area contributed by atoms with Gasteiger partial charge in [0.05, 0.1) is 5.02 Å². The Kier molecular flexibility index (Phi) is 5.06. The minimum Gasteiger partial charge on any atom is -0.455 e. The standard InChI is InChI=1S/C22H17ClN4O2S/c1-2-30-22-25-21-19(26-27-22)14-8-4-6-10-16(14)24-20(29-21)18-12-11-17(28-18)13-7-3-5-9-15(13)23/h3-12,20,24H,2H2,1H3. The van der Waals surface area contributed by atoms with Gasteiger partial charge in [0.2, 0.25) is 17.3 Å². The molecular weight excluding hydrogens is 420 g/mol. The average molecular weight is 437 g/mol. The molecule has 0 radical (unpaired) electrons. The van der Waals surface area contributed by atoms with E-state index in [-0.39, 0.29) is 0 Å². The van der Waals surface area contributed by atoms with Crippen LogP contribution in [-0.4, -0.2) is 20.9 Å². The first kappa shape index (κ1) is 19.0. The Morgan fingerprint density at radius 2 is 1.80 bits per heavy atom. The number of hydrogen-bond acceptors (Lipinski definition) is 7. The Bertz CT molecular complexity index is 1210. The van der Waals surface area contributed by atoms with E-state index < -0.39 is 6.23 Å². The predicted molar refractivity (Wildman–Crippen MR) is 118 cm³/mol. The number of benzene rings is 2. The molecule has 6 nitrogen and oxygen atoms in total. The van der Waals surface area contributed by atoms with Crippen LogP contribution in [0.5, 0.6) is 5.88 Å². The van der Waals surface area contributed by atoms with Gasteiger partial charge in [-0.05, 0) is 36.1 Å². The minimum absolute atomic E-state index is 0.416. The topological polar surface area (TPSA) is 73.1 Å². The van der Waals surface area contributed by atoms with Crippen LogP contribution in [0, 0.1) is 0 Å². The number of nitrogens with zero attached hydrogens (tertiary/aromatic N) is 3. The number of halogens is 1. The van der Waals surface area contributed by atoms with Crippen molar-refractivity contribution in [2.45, 2.75) is 18.3 Å². The van der Waals surface area contributed by atoms with E-state index in [1.54, 1.807) is 0 Å². The summed E-state index contributed by atoms with van der Waals surface area (Å²) in [7, 11) is 0. The molecule has 5 rings (SSSR count). The fourth-order valence-electron chi connectivity index (χ4n) is 3.27. The predicted octanol–water partition coefficient (Wildman–Crippen LogP) is 6.07. The summed E-state index contributed by atoms with van der Waals surface area (Å²) in [5.41, 5.74) is 3.16. The number of fused-ring (bicyclic) bond motifs is 3. The number of anilines is 1. The van der Waals surface area contributed by atoms with Gasteiger partial charge in [-0.1, -0.05) is 60.6 Å². The Labute approximate surface area is 182 Å². The fourth-order valence-corrected chi connectivity index (χ4v) is 4.00. The van der Waals surface area contributed by atoms with E-state index >= 15 is 0 Å². The van der Waals surface area contributed by atoms with Crippen molar-refractivity contribution in [1.82, 2.24) is 15.2 Å². The number of rotatable bonds is 4. The molecule has 2 aromatic carbocycles. The van der Waals surface area contributed by atoms with Crippen molar-refractivity contribution in [3.63, 3.8) is 0 Å². The largest absolute Gasteiger partial charge is 0.455 e. The number of furan rings is 1. The molecule has 0 saturated carbocycles. The summed E-state index contributed by atoms with van der Waals surface area (Å²) in [6, 6.07) is 19.2. The highest BCUT2D eigenvalue weighted by atomic mass is 35.5. The molecular formula is C22H17ClN4O2S. The highest BCUT2D eigenvalue weighted by molar-refractivity contribution is 7.99. The van der Waals surface area contributed by atoms with Gasteiger partial charge in [-0.15, -0.1) is 10.2 Å². The van der Waals surface area contributed by atoms with Gasteiger partial charge in [-0.3, -0.25) is 0 Å². The van der Waals surface area contributed by atoms with Gasteiger partial charge in [0.25, 0.3) is 0 Å². The molecule has 0 bridgehead atoms. The van der Waals surface area contributed by atoms with Crippen LogP contribution in [0.3, 0.4) is 0 Å². The molecule has 3 heterocycles. The maximum atomic E-state index is 6.33. The molecule has 1 aliphatic heterocycles. The van der Waals surface area contributed by atoms with Crippen molar-refractivity contribution in [2.24, 2.45) is 0 Å². The van der Waals surface area contributed by atoms with Gasteiger partial charge >= 0.3 is 0 Å². The van der Waals surface area contributed by atoms with Crippen LogP contribution < -0.4 is 10.1 Å². The van der Waals surface area contributed by atoms with Crippen molar-refractivity contribution < 1.29 is 9.15 Å². The molecule has 8 heteroatoms. The lowest BCUT2D eigenvalue weighted by atomic mass is 10.1. The molecule has 0 aliphatic carbocycles. The van der Waals surface area contributed by atoms with Crippen molar-refractivity contribution in [1.29, 1.82) is 0 Å². The quantitative estimate of drug-likeness (QED) is 0.389. The summed E-state index contributed by atoms with van der Waals surface area (Å²) >= 11 is 7.84. The average Bonchev–Trinajstić information content (AvgIpc) is 3.18. The molecule has 4 aromatic rings. The van der Waals surface area contributed by atoms with Gasteiger partial charge in [-0.2, -0.15) is 4.98 Å². The van der Waals surface area contributed by atoms with E-state index in [4.69, 9.17) is 20.8 Å². The van der Waals surface area contributed by atoms with Gasteiger partial charge in [-0.25, -0.2) is 0 Å². The summed E-state index contributed by atoms with van der Waals surface area (Å²) < 4.78 is 12.3. The third-order valence-corrected chi connectivity index (χ3v) is 5.68. The van der Waals surface area contributed by atoms with Gasteiger partial charge < -0.3 is 14.5 Å². The summed E-state index contributed by atoms with van der Waals surface area (Å²) in [5.74, 6) is 2.54. The minimum atomic E-state index is -0.584. The van der Waals surface area contributed by atoms with E-state index in [0.717, 1.165) is 22.6 Å². The summed E-state index contributed by atoms with van der Waals surface area (Å²) in [6.07, 6.45) is -0.584. The van der Waals surface area contributed by atoms with E-state index in [1.807, 2.05) is 67.6 Å². The van der Waals surface area contributed by atoms with Crippen LogP contribution in [0.2, 0.25) is 5.02 Å². The van der Waals surface area contributed by atoms with Gasteiger partial charge in [0.1, 0.15) is 5.76 Å². The fraction of sp³-hybridized carbons (Fsp3) is 0.136. The monoisotopic (exact) mass is 436 g/mol. The first-order chi connectivity index (χ1) is 14.7. The maximum absolute atomic E-state index is 6.33. The number of aromatic nitrogens is 3. The molecule has 1 atom stereocenters. The van der Waals surface area contributed by atoms with Crippen LogP contribution in [0.15, 0.2) is 70.2 Å². The van der Waals surface area contributed by atoms with Crippen LogP contribution in [-0.2, 0) is 0 Å². The normalized spacial score (nSPS) is 14.8. The van der Waals surface area contributed by atoms with Crippen molar-refractivity contribution in [3.05, 3.63) is 71.4 Å². The molecule has 1 unspecified atom stereocenters. The molecule has 0 spiro atoms. The molecule has 1 N–H and O–H groups in total. The first-order valence-electron chi connectivity index (χ1n) is 9.47. The zero-order valence-corrected chi connectivity index (χ0v) is 17.6. The van der Waals surface area contributed by atoms with E-state index in [0.29, 0.717) is 33.3 Å². The number of hydrogen-bond donors (Lipinski definition) is 1. The van der Waals surface area contributed by atoms with Crippen molar-refractivity contribution in [2.75, 3.05) is 11.1 Å². The lowest BCUT2D eigenvalue weighted by Crippen LogP contribution is -2.16. The third kappa shape index (κ3) is 3.51. The smallest absolute Gasteiger partial charge is 0.247 e. The number of para-hydroxylation sites is 1. The Morgan fingerprint density at radius 1 is 1.00 bits per heavy atom. The van der Waals surface area contributed by atoms with E-state index in [9.17, 15) is 0 Å². The zero-order valence-electron chi connectivity index (χ0n) is 16.0. The Morgan fingerprint density at radius 3 is 2.63 bits per heavy atom. The summed E-state index contributed by atoms with van der Waals surface area (Å²) in [6.45, 7) is 2.04. The molecule has 1 aliphatic rings. The number of thioether (sulfide) groups is 1. The molecule has 0 fully saturated rings. The second-order valence-electron chi connectivity index (χ2n) is 6.55. The molecule has 30 heavy (non-hydrogen) atoms. The Balaban J connectivity index is 1.56. The van der Waals surface area contributed by atoms with Crippen LogP contribution in [0.25, 0.3) is 22.6 Å². The molecule has 0 amide bonds. The Hall–Kier alpha value is -3.03. The van der Waals surface area contributed by atoms with E-state index in [2.05, 4.69) is 20.5 Å². The molecule has 2 aromatic heterocycles. The highest BCUT2D eigenvalue weighted by Gasteiger charge is 2.28. The van der Waals surface area contributed by atoms with Crippen LogP contribution >= 0.6 is 23.4 Å². The maximum Gasteiger partial charge on any atom is 0.247 e. The van der Waals surface area contributed by atoms with Crippen molar-refractivity contribution in [3.8, 4) is 28.5 Å². The number of ether oxygens (including phenoxy) is 1. The third-order valence-electron chi connectivity index (χ3n) is 4.63. The lowest BCUT2D eigenvalue weighted by Gasteiger charge is -2.16. The van der Waals surface area contributed by atoms with Crippen molar-refractivity contribution >= 4 is 29.1 Å².